The Bertz CT molecular complexity index is 531. The van der Waals surface area contributed by atoms with Crippen molar-refractivity contribution in [1.82, 2.24) is 25.5 Å². The highest BCUT2D eigenvalue weighted by atomic mass is 127. The van der Waals surface area contributed by atoms with Crippen molar-refractivity contribution in [1.29, 1.82) is 0 Å². The summed E-state index contributed by atoms with van der Waals surface area (Å²) in [6, 6.07) is 2.48. The van der Waals surface area contributed by atoms with Crippen LogP contribution in [0.25, 0.3) is 0 Å². The SMILES string of the molecule is CN=C(NCCCN1CCN(c2ncccn2)CC1)NC1CC1C.I. The van der Waals surface area contributed by atoms with Crippen molar-refractivity contribution in [2.24, 2.45) is 10.9 Å². The fourth-order valence-electron chi connectivity index (χ4n) is 3.03. The molecule has 3 rings (SSSR count). The largest absolute Gasteiger partial charge is 0.356 e. The molecule has 2 atom stereocenters. The molecule has 140 valence electrons. The van der Waals surface area contributed by atoms with E-state index in [1.807, 2.05) is 25.5 Å². The molecule has 1 saturated carbocycles. The monoisotopic (exact) mass is 459 g/mol. The number of nitrogens with one attached hydrogen (secondary N) is 2. The van der Waals surface area contributed by atoms with Gasteiger partial charge in [-0.3, -0.25) is 9.89 Å². The molecule has 0 radical (unpaired) electrons. The average Bonchev–Trinajstić information content (AvgIpc) is 3.33. The zero-order valence-corrected chi connectivity index (χ0v) is 17.5. The Kier molecular flexibility index (Phi) is 8.14. The molecule has 0 aromatic carbocycles. The molecule has 25 heavy (non-hydrogen) atoms. The summed E-state index contributed by atoms with van der Waals surface area (Å²) in [5.74, 6) is 2.58. The molecule has 0 spiro atoms. The summed E-state index contributed by atoms with van der Waals surface area (Å²) >= 11 is 0. The van der Waals surface area contributed by atoms with Gasteiger partial charge in [-0.05, 0) is 31.4 Å². The van der Waals surface area contributed by atoms with Gasteiger partial charge in [-0.25, -0.2) is 9.97 Å². The minimum Gasteiger partial charge on any atom is -0.356 e. The number of hydrogen-bond acceptors (Lipinski definition) is 5. The Balaban J connectivity index is 0.00000225. The van der Waals surface area contributed by atoms with Crippen LogP contribution in [0.4, 0.5) is 5.95 Å². The molecule has 0 bridgehead atoms. The second kappa shape index (κ2) is 10.1. The molecule has 1 aliphatic carbocycles. The first-order valence-corrected chi connectivity index (χ1v) is 8.98. The number of aromatic nitrogens is 2. The second-order valence-corrected chi connectivity index (χ2v) is 6.69. The smallest absolute Gasteiger partial charge is 0.225 e. The minimum absolute atomic E-state index is 0. The van der Waals surface area contributed by atoms with Crippen LogP contribution < -0.4 is 15.5 Å². The summed E-state index contributed by atoms with van der Waals surface area (Å²) in [5.41, 5.74) is 0. The zero-order valence-electron chi connectivity index (χ0n) is 15.2. The van der Waals surface area contributed by atoms with Crippen LogP contribution in [0.5, 0.6) is 0 Å². The number of rotatable bonds is 6. The van der Waals surface area contributed by atoms with Gasteiger partial charge in [0.25, 0.3) is 0 Å². The summed E-state index contributed by atoms with van der Waals surface area (Å²) < 4.78 is 0. The summed E-state index contributed by atoms with van der Waals surface area (Å²) in [6.45, 7) is 8.50. The molecule has 2 unspecified atom stereocenters. The molecule has 1 aromatic rings. The average molecular weight is 459 g/mol. The van der Waals surface area contributed by atoms with Crippen LogP contribution >= 0.6 is 24.0 Å². The Morgan fingerprint density at radius 3 is 2.52 bits per heavy atom. The van der Waals surface area contributed by atoms with E-state index in [-0.39, 0.29) is 24.0 Å². The van der Waals surface area contributed by atoms with Crippen molar-refractivity contribution >= 4 is 35.9 Å². The number of hydrogen-bond donors (Lipinski definition) is 2. The van der Waals surface area contributed by atoms with Crippen LogP contribution in [0.2, 0.25) is 0 Å². The van der Waals surface area contributed by atoms with E-state index in [1.54, 1.807) is 0 Å². The number of piperazine rings is 1. The Labute approximate surface area is 167 Å². The third-order valence-electron chi connectivity index (χ3n) is 4.81. The topological polar surface area (TPSA) is 68.7 Å². The van der Waals surface area contributed by atoms with Gasteiger partial charge in [-0.2, -0.15) is 0 Å². The molecule has 1 aliphatic heterocycles. The number of halogens is 1. The van der Waals surface area contributed by atoms with Gasteiger partial charge in [0.05, 0.1) is 0 Å². The highest BCUT2D eigenvalue weighted by molar-refractivity contribution is 14.0. The van der Waals surface area contributed by atoms with Crippen LogP contribution in [0.15, 0.2) is 23.5 Å². The number of anilines is 1. The molecule has 2 aliphatic rings. The lowest BCUT2D eigenvalue weighted by atomic mass is 10.3. The van der Waals surface area contributed by atoms with Gasteiger partial charge in [0.2, 0.25) is 5.95 Å². The molecular formula is C17H30IN7. The van der Waals surface area contributed by atoms with Crippen LogP contribution in [0.1, 0.15) is 19.8 Å². The first kappa shape index (κ1) is 20.2. The van der Waals surface area contributed by atoms with E-state index >= 15 is 0 Å². The summed E-state index contributed by atoms with van der Waals surface area (Å²) in [7, 11) is 1.84. The molecule has 0 amide bonds. The zero-order chi connectivity index (χ0) is 16.8. The Morgan fingerprint density at radius 2 is 1.92 bits per heavy atom. The Morgan fingerprint density at radius 1 is 1.24 bits per heavy atom. The summed E-state index contributed by atoms with van der Waals surface area (Å²) in [6.07, 6.45) is 6.01. The third kappa shape index (κ3) is 6.25. The quantitative estimate of drug-likeness (QED) is 0.288. The van der Waals surface area contributed by atoms with E-state index in [9.17, 15) is 0 Å². The Hall–Kier alpha value is -1.16. The first-order chi connectivity index (χ1) is 11.8. The van der Waals surface area contributed by atoms with Crippen LogP contribution in [-0.2, 0) is 0 Å². The molecule has 1 aromatic heterocycles. The van der Waals surface area contributed by atoms with E-state index < -0.39 is 0 Å². The third-order valence-corrected chi connectivity index (χ3v) is 4.81. The first-order valence-electron chi connectivity index (χ1n) is 8.98. The second-order valence-electron chi connectivity index (χ2n) is 6.69. The maximum absolute atomic E-state index is 4.33. The maximum Gasteiger partial charge on any atom is 0.225 e. The lowest BCUT2D eigenvalue weighted by Gasteiger charge is -2.34. The van der Waals surface area contributed by atoms with E-state index in [0.29, 0.717) is 6.04 Å². The minimum atomic E-state index is 0. The van der Waals surface area contributed by atoms with Gasteiger partial charge in [0, 0.05) is 58.2 Å². The van der Waals surface area contributed by atoms with Gasteiger partial charge < -0.3 is 15.5 Å². The van der Waals surface area contributed by atoms with Crippen molar-refractivity contribution in [3.8, 4) is 0 Å². The van der Waals surface area contributed by atoms with E-state index in [0.717, 1.165) is 63.5 Å². The van der Waals surface area contributed by atoms with Crippen molar-refractivity contribution in [3.63, 3.8) is 0 Å². The van der Waals surface area contributed by atoms with E-state index in [4.69, 9.17) is 0 Å². The highest BCUT2D eigenvalue weighted by Gasteiger charge is 2.33. The molecule has 7 nitrogen and oxygen atoms in total. The van der Waals surface area contributed by atoms with Crippen LogP contribution in [-0.4, -0.2) is 73.2 Å². The van der Waals surface area contributed by atoms with Crippen molar-refractivity contribution < 1.29 is 0 Å². The fraction of sp³-hybridized carbons (Fsp3) is 0.706. The van der Waals surface area contributed by atoms with Crippen LogP contribution in [0, 0.1) is 5.92 Å². The van der Waals surface area contributed by atoms with Gasteiger partial charge in [-0.15, -0.1) is 24.0 Å². The molecular weight excluding hydrogens is 429 g/mol. The van der Waals surface area contributed by atoms with E-state index in [1.165, 1.54) is 6.42 Å². The number of aliphatic imine (C=N–C) groups is 1. The fourth-order valence-corrected chi connectivity index (χ4v) is 3.03. The maximum atomic E-state index is 4.33. The predicted molar refractivity (Wildman–Crippen MR) is 113 cm³/mol. The number of nitrogens with zero attached hydrogens (tertiary/aromatic N) is 5. The highest BCUT2D eigenvalue weighted by Crippen LogP contribution is 2.28. The van der Waals surface area contributed by atoms with Gasteiger partial charge in [0.15, 0.2) is 5.96 Å². The van der Waals surface area contributed by atoms with Gasteiger partial charge in [0.1, 0.15) is 0 Å². The standard InChI is InChI=1S/C17H29N7.HI/c1-14-13-15(14)22-16(18-2)19-7-4-8-23-9-11-24(12-10-23)17-20-5-3-6-21-17;/h3,5-6,14-15H,4,7-13H2,1-2H3,(H2,18,19,22);1H. The summed E-state index contributed by atoms with van der Waals surface area (Å²) in [5, 5.41) is 6.87. The van der Waals surface area contributed by atoms with E-state index in [2.05, 4.69) is 42.3 Å². The molecule has 2 fully saturated rings. The predicted octanol–water partition coefficient (Wildman–Crippen LogP) is 1.18. The van der Waals surface area contributed by atoms with Crippen molar-refractivity contribution in [2.45, 2.75) is 25.8 Å². The molecule has 1 saturated heterocycles. The van der Waals surface area contributed by atoms with Gasteiger partial charge >= 0.3 is 0 Å². The molecule has 2 heterocycles. The van der Waals surface area contributed by atoms with Gasteiger partial charge in [-0.1, -0.05) is 6.92 Å². The molecule has 2 N–H and O–H groups in total. The number of guanidine groups is 1. The van der Waals surface area contributed by atoms with Crippen molar-refractivity contribution in [3.05, 3.63) is 18.5 Å². The summed E-state index contributed by atoms with van der Waals surface area (Å²) in [4.78, 5) is 17.7. The van der Waals surface area contributed by atoms with Crippen LogP contribution in [0.3, 0.4) is 0 Å². The lowest BCUT2D eigenvalue weighted by Crippen LogP contribution is -2.47. The normalized spacial score (nSPS) is 23.8. The lowest BCUT2D eigenvalue weighted by molar-refractivity contribution is 0.254. The van der Waals surface area contributed by atoms with Crippen molar-refractivity contribution in [2.75, 3.05) is 51.2 Å². The molecule has 8 heteroatoms.